The Labute approximate surface area is 84.0 Å². The Bertz CT molecular complexity index is 307. The Morgan fingerprint density at radius 3 is 2.43 bits per heavy atom. The van der Waals surface area contributed by atoms with Crippen LogP contribution >= 0.6 is 0 Å². The fourth-order valence-electron chi connectivity index (χ4n) is 0.693. The van der Waals surface area contributed by atoms with E-state index in [2.05, 4.69) is 6.58 Å². The van der Waals surface area contributed by atoms with E-state index in [4.69, 9.17) is 9.88 Å². The average Bonchev–Trinajstić information content (AvgIpc) is 2.01. The van der Waals surface area contributed by atoms with E-state index in [0.29, 0.717) is 18.4 Å². The molecule has 0 aliphatic carbocycles. The molecule has 0 aliphatic heterocycles. The van der Waals surface area contributed by atoms with E-state index in [9.17, 15) is 13.2 Å². The molecule has 0 heterocycles. The summed E-state index contributed by atoms with van der Waals surface area (Å²) < 4.78 is 25.7. The van der Waals surface area contributed by atoms with Gasteiger partial charge in [-0.2, -0.15) is 0 Å². The molecule has 0 radical (unpaired) electrons. The Kier molecular flexibility index (Phi) is 5.40. The summed E-state index contributed by atoms with van der Waals surface area (Å²) in [5.74, 6) is -0.543. The number of sulfonamides is 1. The van der Waals surface area contributed by atoms with E-state index in [0.717, 1.165) is 0 Å². The third kappa shape index (κ3) is 7.75. The van der Waals surface area contributed by atoms with Gasteiger partial charge in [0.2, 0.25) is 10.0 Å². The van der Waals surface area contributed by atoms with Crippen LogP contribution in [0.2, 0.25) is 0 Å². The van der Waals surface area contributed by atoms with Crippen molar-refractivity contribution in [3.63, 3.8) is 0 Å². The lowest BCUT2D eigenvalue weighted by molar-refractivity contribution is -0.139. The number of esters is 1. The number of unbranched alkanes of at least 4 members (excludes halogenated alkanes) is 1. The van der Waals surface area contributed by atoms with Crippen LogP contribution in [0.25, 0.3) is 0 Å². The van der Waals surface area contributed by atoms with Crippen LogP contribution in [0.4, 0.5) is 0 Å². The molecule has 0 rings (SSSR count). The summed E-state index contributed by atoms with van der Waals surface area (Å²) >= 11 is 0. The highest BCUT2D eigenvalue weighted by Gasteiger charge is 2.04. The predicted molar refractivity (Wildman–Crippen MR) is 53.0 cm³/mol. The lowest BCUT2D eigenvalue weighted by Gasteiger charge is -2.03. The second-order valence-corrected chi connectivity index (χ2v) is 4.72. The molecule has 0 aliphatic rings. The van der Waals surface area contributed by atoms with Gasteiger partial charge in [0, 0.05) is 5.57 Å². The van der Waals surface area contributed by atoms with Crippen molar-refractivity contribution in [1.29, 1.82) is 0 Å². The topological polar surface area (TPSA) is 86.5 Å². The zero-order chi connectivity index (χ0) is 11.2. The molecule has 5 nitrogen and oxygen atoms in total. The van der Waals surface area contributed by atoms with Crippen LogP contribution in [-0.4, -0.2) is 26.7 Å². The summed E-state index contributed by atoms with van der Waals surface area (Å²) in [4.78, 5) is 10.8. The Morgan fingerprint density at radius 2 is 2.00 bits per heavy atom. The fourth-order valence-corrected chi connectivity index (χ4v) is 1.30. The quantitative estimate of drug-likeness (QED) is 0.393. The maximum absolute atomic E-state index is 10.8. The van der Waals surface area contributed by atoms with Crippen molar-refractivity contribution in [2.75, 3.05) is 12.4 Å². The van der Waals surface area contributed by atoms with E-state index < -0.39 is 16.0 Å². The minimum Gasteiger partial charge on any atom is -0.462 e. The van der Waals surface area contributed by atoms with Crippen LogP contribution in [-0.2, 0) is 19.6 Å². The van der Waals surface area contributed by atoms with E-state index in [1.165, 1.54) is 0 Å². The first-order valence-corrected chi connectivity index (χ1v) is 5.87. The molecule has 0 spiro atoms. The highest BCUT2D eigenvalue weighted by molar-refractivity contribution is 7.89. The van der Waals surface area contributed by atoms with Gasteiger partial charge in [0.25, 0.3) is 0 Å². The minimum absolute atomic E-state index is 0.0857. The molecule has 0 bridgehead atoms. The highest BCUT2D eigenvalue weighted by Crippen LogP contribution is 1.97. The van der Waals surface area contributed by atoms with Crippen LogP contribution in [0.15, 0.2) is 12.2 Å². The first kappa shape index (κ1) is 13.1. The van der Waals surface area contributed by atoms with Crippen molar-refractivity contribution in [2.45, 2.75) is 19.8 Å². The minimum atomic E-state index is -3.40. The molecule has 0 amide bonds. The molecule has 0 saturated carbocycles. The van der Waals surface area contributed by atoms with E-state index in [-0.39, 0.29) is 12.4 Å². The normalized spacial score (nSPS) is 11.0. The molecular formula is C8H15NO4S. The molecular weight excluding hydrogens is 206 g/mol. The van der Waals surface area contributed by atoms with Crippen molar-refractivity contribution in [3.05, 3.63) is 12.2 Å². The molecule has 82 valence electrons. The van der Waals surface area contributed by atoms with Gasteiger partial charge < -0.3 is 4.74 Å². The van der Waals surface area contributed by atoms with Crippen molar-refractivity contribution in [1.82, 2.24) is 0 Å². The van der Waals surface area contributed by atoms with Gasteiger partial charge in [-0.25, -0.2) is 18.4 Å². The molecule has 2 N–H and O–H groups in total. The summed E-state index contributed by atoms with van der Waals surface area (Å²) in [7, 11) is -3.40. The number of primary sulfonamides is 1. The number of nitrogens with two attached hydrogens (primary N) is 1. The third-order valence-corrected chi connectivity index (χ3v) is 2.26. The summed E-state index contributed by atoms with van der Waals surface area (Å²) in [5.41, 5.74) is 0.330. The molecule has 14 heavy (non-hydrogen) atoms. The van der Waals surface area contributed by atoms with Crippen molar-refractivity contribution in [3.8, 4) is 0 Å². The van der Waals surface area contributed by atoms with Gasteiger partial charge in [0.1, 0.15) is 0 Å². The fraction of sp³-hybridized carbons (Fsp3) is 0.625. The van der Waals surface area contributed by atoms with Crippen molar-refractivity contribution >= 4 is 16.0 Å². The Hall–Kier alpha value is -0.880. The predicted octanol–water partition coefficient (Wildman–Crippen LogP) is 0.174. The summed E-state index contributed by atoms with van der Waals surface area (Å²) in [6.45, 7) is 5.15. The van der Waals surface area contributed by atoms with E-state index in [1.54, 1.807) is 6.92 Å². The SMILES string of the molecule is C=C(C)C(=O)OCCCCS(N)(=O)=O. The van der Waals surface area contributed by atoms with Gasteiger partial charge >= 0.3 is 5.97 Å². The highest BCUT2D eigenvalue weighted by atomic mass is 32.2. The molecule has 0 atom stereocenters. The van der Waals surface area contributed by atoms with E-state index >= 15 is 0 Å². The Balaban J connectivity index is 3.49. The summed E-state index contributed by atoms with van der Waals surface area (Å²) in [5, 5.41) is 4.78. The molecule has 6 heteroatoms. The van der Waals surface area contributed by atoms with Crippen molar-refractivity contribution in [2.24, 2.45) is 5.14 Å². The second kappa shape index (κ2) is 5.77. The number of hydrogen-bond donors (Lipinski definition) is 1. The lowest BCUT2D eigenvalue weighted by atomic mass is 10.3. The van der Waals surface area contributed by atoms with Gasteiger partial charge in [0.15, 0.2) is 0 Å². The number of ether oxygens (including phenoxy) is 1. The molecule has 0 unspecified atom stereocenters. The number of carbonyl (C=O) groups is 1. The standard InChI is InChI=1S/C8H15NO4S/c1-7(2)8(10)13-5-3-4-6-14(9,11)12/h1,3-6H2,2H3,(H2,9,11,12). The monoisotopic (exact) mass is 221 g/mol. The Morgan fingerprint density at radius 1 is 1.43 bits per heavy atom. The largest absolute Gasteiger partial charge is 0.462 e. The molecule has 0 aromatic rings. The van der Waals surface area contributed by atoms with Crippen LogP contribution < -0.4 is 5.14 Å². The molecule has 0 aromatic heterocycles. The van der Waals surface area contributed by atoms with E-state index in [1.807, 2.05) is 0 Å². The third-order valence-electron chi connectivity index (χ3n) is 1.40. The van der Waals surface area contributed by atoms with Crippen LogP contribution in [0.1, 0.15) is 19.8 Å². The molecule has 0 aromatic carbocycles. The number of rotatable bonds is 6. The zero-order valence-electron chi connectivity index (χ0n) is 8.15. The maximum atomic E-state index is 10.8. The summed E-state index contributed by atoms with van der Waals surface area (Å²) in [6, 6.07) is 0. The van der Waals surface area contributed by atoms with Crippen LogP contribution in [0.3, 0.4) is 0 Å². The van der Waals surface area contributed by atoms with Crippen LogP contribution in [0.5, 0.6) is 0 Å². The lowest BCUT2D eigenvalue weighted by Crippen LogP contribution is -2.17. The smallest absolute Gasteiger partial charge is 0.333 e. The molecule has 0 fully saturated rings. The number of carbonyl (C=O) groups excluding carboxylic acids is 1. The first-order chi connectivity index (χ1) is 6.33. The van der Waals surface area contributed by atoms with Gasteiger partial charge in [0.05, 0.1) is 12.4 Å². The maximum Gasteiger partial charge on any atom is 0.333 e. The number of hydrogen-bond acceptors (Lipinski definition) is 4. The van der Waals surface area contributed by atoms with Gasteiger partial charge in [-0.05, 0) is 19.8 Å². The van der Waals surface area contributed by atoms with Crippen LogP contribution in [0, 0.1) is 0 Å². The second-order valence-electron chi connectivity index (χ2n) is 2.99. The average molecular weight is 221 g/mol. The van der Waals surface area contributed by atoms with Crippen molar-refractivity contribution < 1.29 is 17.9 Å². The first-order valence-electron chi connectivity index (χ1n) is 4.16. The van der Waals surface area contributed by atoms with Gasteiger partial charge in [-0.15, -0.1) is 0 Å². The summed E-state index contributed by atoms with van der Waals surface area (Å²) in [6.07, 6.45) is 0.873. The zero-order valence-corrected chi connectivity index (χ0v) is 8.97. The van der Waals surface area contributed by atoms with Gasteiger partial charge in [-0.3, -0.25) is 0 Å². The molecule has 0 saturated heterocycles. The van der Waals surface area contributed by atoms with Gasteiger partial charge in [-0.1, -0.05) is 6.58 Å².